The maximum Gasteiger partial charge on any atom is 0.263 e. The zero-order valence-corrected chi connectivity index (χ0v) is 11.3. The zero-order valence-electron chi connectivity index (χ0n) is 11.3. The number of hydrogen-bond donors (Lipinski definition) is 1. The summed E-state index contributed by atoms with van der Waals surface area (Å²) in [6, 6.07) is 4.39. The Hall–Kier alpha value is -1.62. The molecule has 1 heterocycles. The molecule has 1 aromatic carbocycles. The molecule has 0 radical (unpaired) electrons. The van der Waals surface area contributed by atoms with E-state index in [9.17, 15) is 9.18 Å². The van der Waals surface area contributed by atoms with E-state index in [1.54, 1.807) is 18.0 Å². The van der Waals surface area contributed by atoms with Crippen molar-refractivity contribution in [2.24, 2.45) is 0 Å². The number of nitrogens with one attached hydrogen (secondary N) is 1. The number of rotatable bonds is 5. The van der Waals surface area contributed by atoms with Crippen molar-refractivity contribution in [1.82, 2.24) is 10.2 Å². The Morgan fingerprint density at radius 2 is 2.32 bits per heavy atom. The monoisotopic (exact) mass is 266 g/mol. The van der Waals surface area contributed by atoms with E-state index < -0.39 is 6.10 Å². The van der Waals surface area contributed by atoms with Gasteiger partial charge >= 0.3 is 0 Å². The number of carbonyl (C=O) groups excluding carboxylic acids is 1. The molecule has 0 bridgehead atoms. The van der Waals surface area contributed by atoms with Gasteiger partial charge in [0, 0.05) is 32.1 Å². The fraction of sp³-hybridized carbons (Fsp3) is 0.500. The van der Waals surface area contributed by atoms with Gasteiger partial charge in [-0.25, -0.2) is 4.39 Å². The van der Waals surface area contributed by atoms with Crippen LogP contribution in [0.15, 0.2) is 18.2 Å². The van der Waals surface area contributed by atoms with E-state index in [4.69, 9.17) is 4.74 Å². The van der Waals surface area contributed by atoms with Gasteiger partial charge in [0.2, 0.25) is 0 Å². The largest absolute Gasteiger partial charge is 0.480 e. The molecular formula is C14H19FN2O2. The van der Waals surface area contributed by atoms with E-state index in [0.717, 1.165) is 12.1 Å². The first-order chi connectivity index (χ1) is 9.11. The third kappa shape index (κ3) is 3.23. The molecule has 2 rings (SSSR count). The van der Waals surface area contributed by atoms with Crippen molar-refractivity contribution < 1.29 is 13.9 Å². The van der Waals surface area contributed by atoms with Crippen molar-refractivity contribution in [3.63, 3.8) is 0 Å². The van der Waals surface area contributed by atoms with E-state index in [0.29, 0.717) is 25.3 Å². The first kappa shape index (κ1) is 13.8. The lowest BCUT2D eigenvalue weighted by molar-refractivity contribution is -0.132. The Bertz CT molecular complexity index is 465. The molecule has 1 N–H and O–H groups in total. The number of benzene rings is 1. The highest BCUT2D eigenvalue weighted by molar-refractivity contribution is 5.83. The first-order valence-corrected chi connectivity index (χ1v) is 6.52. The van der Waals surface area contributed by atoms with Crippen molar-refractivity contribution in [3.05, 3.63) is 29.6 Å². The van der Waals surface area contributed by atoms with Crippen molar-refractivity contribution >= 4 is 5.91 Å². The quantitative estimate of drug-likeness (QED) is 0.879. The molecule has 1 amide bonds. The van der Waals surface area contributed by atoms with Gasteiger partial charge in [-0.15, -0.1) is 0 Å². The second-order valence-corrected chi connectivity index (χ2v) is 4.69. The molecule has 1 fully saturated rings. The maximum atomic E-state index is 13.3. The Morgan fingerprint density at radius 1 is 1.53 bits per heavy atom. The van der Waals surface area contributed by atoms with Crippen LogP contribution in [0.4, 0.5) is 4.39 Å². The van der Waals surface area contributed by atoms with Crippen molar-refractivity contribution in [2.45, 2.75) is 26.0 Å². The summed E-state index contributed by atoms with van der Waals surface area (Å²) in [5.41, 5.74) is 0.740. The molecule has 5 heteroatoms. The smallest absolute Gasteiger partial charge is 0.263 e. The Morgan fingerprint density at radius 3 is 2.95 bits per heavy atom. The molecule has 4 nitrogen and oxygen atoms in total. The summed E-state index contributed by atoms with van der Waals surface area (Å²) >= 11 is 0. The molecule has 1 unspecified atom stereocenters. The molecule has 1 saturated heterocycles. The van der Waals surface area contributed by atoms with Crippen LogP contribution in [-0.2, 0) is 11.3 Å². The molecule has 0 spiro atoms. The van der Waals surface area contributed by atoms with Crippen LogP contribution in [0.25, 0.3) is 0 Å². The van der Waals surface area contributed by atoms with E-state index in [1.165, 1.54) is 12.1 Å². The molecule has 104 valence electrons. The number of likely N-dealkylation sites (tertiary alicyclic amines) is 1. The summed E-state index contributed by atoms with van der Waals surface area (Å²) in [4.78, 5) is 13.5. The summed E-state index contributed by atoms with van der Waals surface area (Å²) in [5.74, 6) is 0.268. The van der Waals surface area contributed by atoms with Gasteiger partial charge in [0.25, 0.3) is 5.91 Å². The molecule has 0 aromatic heterocycles. The number of ether oxygens (including phenoxy) is 1. The molecular weight excluding hydrogens is 247 g/mol. The molecule has 0 aliphatic carbocycles. The Labute approximate surface area is 112 Å². The van der Waals surface area contributed by atoms with Gasteiger partial charge in [0.15, 0.2) is 6.10 Å². The minimum atomic E-state index is -0.448. The minimum Gasteiger partial charge on any atom is -0.480 e. The van der Waals surface area contributed by atoms with Gasteiger partial charge in [0.05, 0.1) is 0 Å². The van der Waals surface area contributed by atoms with Crippen LogP contribution in [-0.4, -0.2) is 37.0 Å². The average molecular weight is 266 g/mol. The van der Waals surface area contributed by atoms with Gasteiger partial charge < -0.3 is 15.0 Å². The molecule has 0 saturated carbocycles. The normalized spacial score (nSPS) is 19.0. The van der Waals surface area contributed by atoms with Crippen molar-refractivity contribution in [1.29, 1.82) is 0 Å². The SMILES string of the molecule is CCNCc1cc(F)ccc1OC1CCN(C)C1=O. The number of halogens is 1. The van der Waals surface area contributed by atoms with E-state index in [2.05, 4.69) is 5.32 Å². The van der Waals surface area contributed by atoms with Crippen LogP contribution in [0.5, 0.6) is 5.75 Å². The number of nitrogens with zero attached hydrogens (tertiary/aromatic N) is 1. The highest BCUT2D eigenvalue weighted by atomic mass is 19.1. The standard InChI is InChI=1S/C14H19FN2O2/c1-3-16-9-10-8-11(15)4-5-12(10)19-13-6-7-17(2)14(13)18/h4-5,8,13,16H,3,6-7,9H2,1-2H3. The van der Waals surface area contributed by atoms with Gasteiger partial charge in [-0.1, -0.05) is 6.92 Å². The van der Waals surface area contributed by atoms with Crippen LogP contribution in [0.3, 0.4) is 0 Å². The number of hydrogen-bond acceptors (Lipinski definition) is 3. The van der Waals surface area contributed by atoms with Crippen LogP contribution < -0.4 is 10.1 Å². The highest BCUT2D eigenvalue weighted by Crippen LogP contribution is 2.24. The highest BCUT2D eigenvalue weighted by Gasteiger charge is 2.31. The summed E-state index contributed by atoms with van der Waals surface area (Å²) in [7, 11) is 1.76. The van der Waals surface area contributed by atoms with Crippen LogP contribution in [0, 0.1) is 5.82 Å². The summed E-state index contributed by atoms with van der Waals surface area (Å²) in [5, 5.41) is 3.14. The molecule has 1 atom stereocenters. The van der Waals surface area contributed by atoms with Gasteiger partial charge in [-0.2, -0.15) is 0 Å². The van der Waals surface area contributed by atoms with Crippen molar-refractivity contribution in [3.8, 4) is 5.75 Å². The number of amides is 1. The first-order valence-electron chi connectivity index (χ1n) is 6.52. The van der Waals surface area contributed by atoms with E-state index in [1.807, 2.05) is 6.92 Å². The topological polar surface area (TPSA) is 41.6 Å². The Kier molecular flexibility index (Phi) is 4.37. The third-order valence-electron chi connectivity index (χ3n) is 3.24. The fourth-order valence-corrected chi connectivity index (χ4v) is 2.11. The predicted molar refractivity (Wildman–Crippen MR) is 70.5 cm³/mol. The molecule has 1 aliphatic heterocycles. The molecule has 19 heavy (non-hydrogen) atoms. The van der Waals surface area contributed by atoms with Gasteiger partial charge in [-0.3, -0.25) is 4.79 Å². The maximum absolute atomic E-state index is 13.3. The van der Waals surface area contributed by atoms with Gasteiger partial charge in [0.1, 0.15) is 11.6 Å². The lowest BCUT2D eigenvalue weighted by atomic mass is 10.2. The minimum absolute atomic E-state index is 0.0151. The lowest BCUT2D eigenvalue weighted by Crippen LogP contribution is -2.29. The average Bonchev–Trinajstić information content (AvgIpc) is 2.71. The number of carbonyl (C=O) groups is 1. The lowest BCUT2D eigenvalue weighted by Gasteiger charge is -2.16. The predicted octanol–water partition coefficient (Wildman–Crippen LogP) is 1.54. The molecule has 1 aromatic rings. The van der Waals surface area contributed by atoms with E-state index in [-0.39, 0.29) is 11.7 Å². The van der Waals surface area contributed by atoms with Crippen molar-refractivity contribution in [2.75, 3.05) is 20.1 Å². The Balaban J connectivity index is 2.12. The summed E-state index contributed by atoms with van der Waals surface area (Å²) in [6.07, 6.45) is 0.226. The molecule has 1 aliphatic rings. The van der Waals surface area contributed by atoms with Crippen LogP contribution >= 0.6 is 0 Å². The summed E-state index contributed by atoms with van der Waals surface area (Å²) < 4.78 is 19.0. The zero-order chi connectivity index (χ0) is 13.8. The second-order valence-electron chi connectivity index (χ2n) is 4.69. The van der Waals surface area contributed by atoms with E-state index >= 15 is 0 Å². The third-order valence-corrected chi connectivity index (χ3v) is 3.24. The fourth-order valence-electron chi connectivity index (χ4n) is 2.11. The second kappa shape index (κ2) is 6.02. The summed E-state index contributed by atoms with van der Waals surface area (Å²) in [6.45, 7) is 4.00. The van der Waals surface area contributed by atoms with Crippen LogP contribution in [0.1, 0.15) is 18.9 Å². The van der Waals surface area contributed by atoms with Gasteiger partial charge in [-0.05, 0) is 24.7 Å². The van der Waals surface area contributed by atoms with Crippen LogP contribution in [0.2, 0.25) is 0 Å². The number of likely N-dealkylation sites (N-methyl/N-ethyl adjacent to an activating group) is 1.